The molecule has 2 N–H and O–H groups in total. The first kappa shape index (κ1) is 13.8. The number of nitrogens with zero attached hydrogens (tertiary/aromatic N) is 2. The number of aromatic hydroxyl groups is 1. The fourth-order valence-corrected chi connectivity index (χ4v) is 2.38. The average Bonchev–Trinajstić information content (AvgIpc) is 2.36. The van der Waals surface area contributed by atoms with Crippen molar-refractivity contribution in [2.45, 2.75) is 26.3 Å². The molecule has 0 atom stereocenters. The summed E-state index contributed by atoms with van der Waals surface area (Å²) in [6, 6.07) is 0. The number of aromatic nitrogens is 2. The van der Waals surface area contributed by atoms with Crippen LogP contribution in [0.2, 0.25) is 0 Å². The maximum atomic E-state index is 13.4. The normalized spacial score (nSPS) is 19.5. The van der Waals surface area contributed by atoms with Crippen molar-refractivity contribution >= 4 is 0 Å². The quantitative estimate of drug-likeness (QED) is 0.800. The van der Waals surface area contributed by atoms with Gasteiger partial charge in [-0.15, -0.1) is 0 Å². The third-order valence-corrected chi connectivity index (χ3v) is 3.85. The lowest BCUT2D eigenvalue weighted by molar-refractivity contribution is 0.114. The summed E-state index contributed by atoms with van der Waals surface area (Å²) in [7, 11) is 2.02. The Balaban J connectivity index is 2.32. The summed E-state index contributed by atoms with van der Waals surface area (Å²) in [4.78, 5) is 26.7. The number of likely N-dealkylation sites (tertiary alicyclic amines) is 1. The molecule has 0 spiro atoms. The molecule has 1 fully saturated rings. The zero-order valence-corrected chi connectivity index (χ0v) is 11.1. The van der Waals surface area contributed by atoms with Gasteiger partial charge in [-0.1, -0.05) is 6.92 Å². The first-order valence-electron chi connectivity index (χ1n) is 6.22. The van der Waals surface area contributed by atoms with E-state index < -0.39 is 22.9 Å². The van der Waals surface area contributed by atoms with Crippen molar-refractivity contribution in [1.29, 1.82) is 0 Å². The molecule has 0 amide bonds. The van der Waals surface area contributed by atoms with Gasteiger partial charge in [-0.05, 0) is 38.4 Å². The van der Waals surface area contributed by atoms with E-state index in [-0.39, 0.29) is 12.0 Å². The van der Waals surface area contributed by atoms with Crippen molar-refractivity contribution in [2.75, 3.05) is 20.1 Å². The summed E-state index contributed by atoms with van der Waals surface area (Å²) in [5, 5.41) is 9.61. The molecular formula is C12H18FN3O3. The second kappa shape index (κ2) is 4.80. The molecule has 0 unspecified atom stereocenters. The van der Waals surface area contributed by atoms with Crippen LogP contribution in [-0.4, -0.2) is 39.7 Å². The monoisotopic (exact) mass is 271 g/mol. The van der Waals surface area contributed by atoms with Crippen molar-refractivity contribution in [3.05, 3.63) is 26.7 Å². The van der Waals surface area contributed by atoms with Crippen molar-refractivity contribution in [3.8, 4) is 5.88 Å². The molecule has 106 valence electrons. The molecule has 19 heavy (non-hydrogen) atoms. The van der Waals surface area contributed by atoms with E-state index in [0.29, 0.717) is 0 Å². The molecule has 0 saturated carbocycles. The van der Waals surface area contributed by atoms with Crippen LogP contribution in [0.4, 0.5) is 4.39 Å². The summed E-state index contributed by atoms with van der Waals surface area (Å²) in [6.45, 7) is 3.96. The number of aromatic amines is 1. The van der Waals surface area contributed by atoms with Crippen LogP contribution >= 0.6 is 0 Å². The van der Waals surface area contributed by atoms with Crippen LogP contribution in [0.25, 0.3) is 0 Å². The SMILES string of the molecule is CN1CCC(C)(Cn2c(O)c(F)c(=O)[nH]c2=O)CC1. The highest BCUT2D eigenvalue weighted by Crippen LogP contribution is 2.32. The van der Waals surface area contributed by atoms with Crippen molar-refractivity contribution in [1.82, 2.24) is 14.5 Å². The molecule has 2 rings (SSSR count). The van der Waals surface area contributed by atoms with Crippen molar-refractivity contribution < 1.29 is 9.50 Å². The van der Waals surface area contributed by atoms with Gasteiger partial charge in [0.05, 0.1) is 0 Å². The Morgan fingerprint density at radius 1 is 1.37 bits per heavy atom. The Hall–Kier alpha value is -1.63. The number of halogens is 1. The predicted octanol–water partition coefficient (Wildman–Crippen LogP) is 0.113. The molecule has 1 saturated heterocycles. The average molecular weight is 271 g/mol. The highest BCUT2D eigenvalue weighted by molar-refractivity contribution is 5.10. The molecule has 7 heteroatoms. The first-order valence-corrected chi connectivity index (χ1v) is 6.22. The summed E-state index contributed by atoms with van der Waals surface area (Å²) in [5.74, 6) is -2.19. The summed E-state index contributed by atoms with van der Waals surface area (Å²) in [5.41, 5.74) is -2.16. The molecule has 6 nitrogen and oxygen atoms in total. The third-order valence-electron chi connectivity index (χ3n) is 3.85. The Morgan fingerprint density at radius 2 is 1.95 bits per heavy atom. The second-order valence-corrected chi connectivity index (χ2v) is 5.60. The van der Waals surface area contributed by atoms with Crippen molar-refractivity contribution in [3.63, 3.8) is 0 Å². The molecular weight excluding hydrogens is 253 g/mol. The lowest BCUT2D eigenvalue weighted by atomic mass is 9.80. The van der Waals surface area contributed by atoms with Gasteiger partial charge in [-0.25, -0.2) is 4.79 Å². The van der Waals surface area contributed by atoms with Gasteiger partial charge in [-0.3, -0.25) is 14.3 Å². The van der Waals surface area contributed by atoms with Crippen LogP contribution in [0.1, 0.15) is 19.8 Å². The predicted molar refractivity (Wildman–Crippen MR) is 67.8 cm³/mol. The minimum atomic E-state index is -1.31. The van der Waals surface area contributed by atoms with Gasteiger partial charge in [0.1, 0.15) is 0 Å². The fraction of sp³-hybridized carbons (Fsp3) is 0.667. The lowest BCUT2D eigenvalue weighted by Gasteiger charge is -2.38. The highest BCUT2D eigenvalue weighted by Gasteiger charge is 2.31. The van der Waals surface area contributed by atoms with Gasteiger partial charge in [0.15, 0.2) is 0 Å². The van der Waals surface area contributed by atoms with Gasteiger partial charge in [0, 0.05) is 6.54 Å². The zero-order chi connectivity index (χ0) is 14.2. The molecule has 1 aromatic heterocycles. The summed E-state index contributed by atoms with van der Waals surface area (Å²) in [6.07, 6.45) is 1.69. The van der Waals surface area contributed by atoms with Gasteiger partial charge in [-0.2, -0.15) is 4.39 Å². The topological polar surface area (TPSA) is 78.3 Å². The van der Waals surface area contributed by atoms with Gasteiger partial charge >= 0.3 is 5.69 Å². The van der Waals surface area contributed by atoms with Crippen molar-refractivity contribution in [2.24, 2.45) is 5.41 Å². The number of H-pyrrole nitrogens is 1. The Morgan fingerprint density at radius 3 is 2.53 bits per heavy atom. The standard InChI is InChI=1S/C12H18FN3O3/c1-12(3-5-15(2)6-4-12)7-16-10(18)8(13)9(17)14-11(16)19/h18H,3-7H2,1-2H3,(H,14,17,19). The molecule has 2 heterocycles. The number of rotatable bonds is 2. The van der Waals surface area contributed by atoms with E-state index in [2.05, 4.69) is 4.90 Å². The van der Waals surface area contributed by atoms with Crippen LogP contribution in [0, 0.1) is 11.2 Å². The number of hydrogen-bond donors (Lipinski definition) is 2. The van der Waals surface area contributed by atoms with E-state index in [1.807, 2.05) is 19.0 Å². The summed E-state index contributed by atoms with van der Waals surface area (Å²) >= 11 is 0. The van der Waals surface area contributed by atoms with E-state index in [9.17, 15) is 19.1 Å². The summed E-state index contributed by atoms with van der Waals surface area (Å²) < 4.78 is 14.3. The second-order valence-electron chi connectivity index (χ2n) is 5.60. The molecule has 0 radical (unpaired) electrons. The molecule has 1 aliphatic heterocycles. The number of piperidine rings is 1. The van der Waals surface area contributed by atoms with E-state index in [0.717, 1.165) is 30.5 Å². The molecule has 0 aromatic carbocycles. The zero-order valence-electron chi connectivity index (χ0n) is 11.1. The van der Waals surface area contributed by atoms with Gasteiger partial charge < -0.3 is 10.0 Å². The number of nitrogens with one attached hydrogen (secondary N) is 1. The van der Waals surface area contributed by atoms with E-state index in [1.54, 1.807) is 0 Å². The van der Waals surface area contributed by atoms with Crippen LogP contribution in [0.15, 0.2) is 9.59 Å². The van der Waals surface area contributed by atoms with Crippen LogP contribution in [-0.2, 0) is 6.54 Å². The van der Waals surface area contributed by atoms with Crippen LogP contribution in [0.5, 0.6) is 5.88 Å². The smallest absolute Gasteiger partial charge is 0.331 e. The maximum absolute atomic E-state index is 13.4. The largest absolute Gasteiger partial charge is 0.492 e. The fourth-order valence-electron chi connectivity index (χ4n) is 2.38. The van der Waals surface area contributed by atoms with E-state index in [4.69, 9.17) is 0 Å². The molecule has 1 aromatic rings. The first-order chi connectivity index (χ1) is 8.82. The van der Waals surface area contributed by atoms with Crippen LogP contribution < -0.4 is 11.2 Å². The third kappa shape index (κ3) is 2.70. The molecule has 0 bridgehead atoms. The Bertz CT molecular complexity index is 585. The maximum Gasteiger partial charge on any atom is 0.331 e. The molecule has 1 aliphatic rings. The number of hydrogen-bond acceptors (Lipinski definition) is 4. The minimum Gasteiger partial charge on any atom is -0.492 e. The van der Waals surface area contributed by atoms with Gasteiger partial charge in [0.25, 0.3) is 5.56 Å². The minimum absolute atomic E-state index is 0.194. The molecule has 0 aliphatic carbocycles. The Kier molecular flexibility index (Phi) is 3.49. The van der Waals surface area contributed by atoms with Gasteiger partial charge in [0.2, 0.25) is 11.7 Å². The van der Waals surface area contributed by atoms with E-state index >= 15 is 0 Å². The van der Waals surface area contributed by atoms with Crippen LogP contribution in [0.3, 0.4) is 0 Å². The van der Waals surface area contributed by atoms with E-state index in [1.165, 1.54) is 0 Å². The lowest BCUT2D eigenvalue weighted by Crippen LogP contribution is -2.42. The Labute approximate surface area is 109 Å². The highest BCUT2D eigenvalue weighted by atomic mass is 19.1.